The largest absolute Gasteiger partial charge is 0.494 e. The quantitative estimate of drug-likeness (QED) is 0.943. The third-order valence-corrected chi connectivity index (χ3v) is 3.96. The zero-order valence-corrected chi connectivity index (χ0v) is 11.9. The standard InChI is InChI=1S/C17H18FNO2/c1-20-16-7-6-12(10-14(16)18)11-17(19)8-9-21-15-5-3-2-4-13(15)17/h2-7,10H,8-9,11,19H2,1H3. The van der Waals surface area contributed by atoms with Crippen molar-refractivity contribution in [2.45, 2.75) is 18.4 Å². The molecule has 1 unspecified atom stereocenters. The first-order chi connectivity index (χ1) is 10.1. The van der Waals surface area contributed by atoms with Crippen molar-refractivity contribution in [1.29, 1.82) is 0 Å². The van der Waals surface area contributed by atoms with Gasteiger partial charge < -0.3 is 15.2 Å². The number of hydrogen-bond donors (Lipinski definition) is 1. The van der Waals surface area contributed by atoms with Crippen LogP contribution < -0.4 is 15.2 Å². The van der Waals surface area contributed by atoms with E-state index >= 15 is 0 Å². The fourth-order valence-corrected chi connectivity index (χ4v) is 2.85. The van der Waals surface area contributed by atoms with Crippen LogP contribution in [0.25, 0.3) is 0 Å². The van der Waals surface area contributed by atoms with Crippen LogP contribution in [0.2, 0.25) is 0 Å². The number of benzene rings is 2. The Kier molecular flexibility index (Phi) is 3.55. The number of para-hydroxylation sites is 1. The Bertz CT molecular complexity index is 659. The SMILES string of the molecule is COc1ccc(CC2(N)CCOc3ccccc32)cc1F. The van der Waals surface area contributed by atoms with Gasteiger partial charge in [-0.2, -0.15) is 0 Å². The van der Waals surface area contributed by atoms with E-state index < -0.39 is 5.54 Å². The Morgan fingerprint density at radius 1 is 1.29 bits per heavy atom. The van der Waals surface area contributed by atoms with Crippen LogP contribution in [0.3, 0.4) is 0 Å². The third kappa shape index (κ3) is 2.59. The van der Waals surface area contributed by atoms with Crippen molar-refractivity contribution in [3.8, 4) is 11.5 Å². The van der Waals surface area contributed by atoms with Gasteiger partial charge in [-0.3, -0.25) is 0 Å². The number of halogens is 1. The Morgan fingerprint density at radius 2 is 2.10 bits per heavy atom. The molecule has 0 amide bonds. The van der Waals surface area contributed by atoms with Crippen LogP contribution in [0.1, 0.15) is 17.5 Å². The van der Waals surface area contributed by atoms with Gasteiger partial charge in [0.05, 0.1) is 19.3 Å². The summed E-state index contributed by atoms with van der Waals surface area (Å²) >= 11 is 0. The molecule has 0 spiro atoms. The normalized spacial score (nSPS) is 20.5. The van der Waals surface area contributed by atoms with Crippen LogP contribution in [0.15, 0.2) is 42.5 Å². The molecule has 0 radical (unpaired) electrons. The Labute approximate surface area is 123 Å². The maximum absolute atomic E-state index is 13.8. The monoisotopic (exact) mass is 287 g/mol. The molecule has 0 saturated heterocycles. The second-order valence-electron chi connectivity index (χ2n) is 5.40. The van der Waals surface area contributed by atoms with Crippen molar-refractivity contribution >= 4 is 0 Å². The lowest BCUT2D eigenvalue weighted by atomic mass is 9.80. The smallest absolute Gasteiger partial charge is 0.165 e. The van der Waals surface area contributed by atoms with Gasteiger partial charge in [-0.25, -0.2) is 4.39 Å². The van der Waals surface area contributed by atoms with Crippen LogP contribution in [0.5, 0.6) is 11.5 Å². The number of ether oxygens (including phenoxy) is 2. The maximum atomic E-state index is 13.8. The molecule has 0 bridgehead atoms. The van der Waals surface area contributed by atoms with E-state index in [9.17, 15) is 4.39 Å². The van der Waals surface area contributed by atoms with Crippen LogP contribution >= 0.6 is 0 Å². The van der Waals surface area contributed by atoms with Crippen LogP contribution in [0.4, 0.5) is 4.39 Å². The van der Waals surface area contributed by atoms with Crippen molar-refractivity contribution in [3.05, 3.63) is 59.4 Å². The minimum atomic E-state index is -0.532. The summed E-state index contributed by atoms with van der Waals surface area (Å²) < 4.78 is 24.4. The molecule has 0 saturated carbocycles. The number of nitrogens with two attached hydrogens (primary N) is 1. The summed E-state index contributed by atoms with van der Waals surface area (Å²) in [6.07, 6.45) is 1.27. The first-order valence-corrected chi connectivity index (χ1v) is 6.96. The van der Waals surface area contributed by atoms with E-state index in [0.29, 0.717) is 19.4 Å². The van der Waals surface area contributed by atoms with Gasteiger partial charge in [-0.05, 0) is 30.2 Å². The third-order valence-electron chi connectivity index (χ3n) is 3.96. The maximum Gasteiger partial charge on any atom is 0.165 e. The molecule has 0 aromatic heterocycles. The summed E-state index contributed by atoms with van der Waals surface area (Å²) in [5, 5.41) is 0. The van der Waals surface area contributed by atoms with Crippen LogP contribution in [0, 0.1) is 5.82 Å². The lowest BCUT2D eigenvalue weighted by Gasteiger charge is -2.35. The van der Waals surface area contributed by atoms with E-state index in [2.05, 4.69) is 0 Å². The molecule has 1 heterocycles. The molecule has 1 atom stereocenters. The predicted molar refractivity (Wildman–Crippen MR) is 79.1 cm³/mol. The van der Waals surface area contributed by atoms with Crippen molar-refractivity contribution in [2.75, 3.05) is 13.7 Å². The summed E-state index contributed by atoms with van der Waals surface area (Å²) in [5.74, 6) is 0.705. The first kappa shape index (κ1) is 13.9. The van der Waals surface area contributed by atoms with E-state index in [4.69, 9.17) is 15.2 Å². The molecule has 2 aromatic rings. The summed E-state index contributed by atoms with van der Waals surface area (Å²) in [7, 11) is 1.46. The Morgan fingerprint density at radius 3 is 2.86 bits per heavy atom. The molecule has 110 valence electrons. The zero-order valence-electron chi connectivity index (χ0n) is 11.9. The highest BCUT2D eigenvalue weighted by atomic mass is 19.1. The van der Waals surface area contributed by atoms with Gasteiger partial charge in [-0.15, -0.1) is 0 Å². The minimum Gasteiger partial charge on any atom is -0.494 e. The van der Waals surface area contributed by atoms with E-state index in [-0.39, 0.29) is 11.6 Å². The zero-order chi connectivity index (χ0) is 14.9. The van der Waals surface area contributed by atoms with Gasteiger partial charge in [0.1, 0.15) is 5.75 Å². The second kappa shape index (κ2) is 5.37. The summed E-state index contributed by atoms with van der Waals surface area (Å²) in [4.78, 5) is 0. The molecule has 4 heteroatoms. The van der Waals surface area contributed by atoms with E-state index in [1.54, 1.807) is 6.07 Å². The van der Waals surface area contributed by atoms with Crippen molar-refractivity contribution in [3.63, 3.8) is 0 Å². The van der Waals surface area contributed by atoms with Crippen molar-refractivity contribution in [1.82, 2.24) is 0 Å². The molecule has 21 heavy (non-hydrogen) atoms. The number of rotatable bonds is 3. The van der Waals surface area contributed by atoms with Gasteiger partial charge in [0.2, 0.25) is 0 Å². The molecule has 1 aliphatic heterocycles. The summed E-state index contributed by atoms with van der Waals surface area (Å²) in [5.41, 5.74) is 7.89. The highest BCUT2D eigenvalue weighted by Gasteiger charge is 2.34. The van der Waals surface area contributed by atoms with Gasteiger partial charge >= 0.3 is 0 Å². The highest BCUT2D eigenvalue weighted by molar-refractivity contribution is 5.42. The summed E-state index contributed by atoms with van der Waals surface area (Å²) in [6, 6.07) is 12.8. The lowest BCUT2D eigenvalue weighted by molar-refractivity contribution is 0.215. The van der Waals surface area contributed by atoms with Gasteiger partial charge in [0.25, 0.3) is 0 Å². The summed E-state index contributed by atoms with van der Waals surface area (Å²) in [6.45, 7) is 0.576. The number of hydrogen-bond acceptors (Lipinski definition) is 3. The molecular weight excluding hydrogens is 269 g/mol. The fraction of sp³-hybridized carbons (Fsp3) is 0.294. The molecule has 3 rings (SSSR count). The molecule has 2 N–H and O–H groups in total. The predicted octanol–water partition coefficient (Wildman–Crippen LogP) is 3.01. The average Bonchev–Trinajstić information content (AvgIpc) is 2.48. The van der Waals surface area contributed by atoms with E-state index in [1.165, 1.54) is 13.2 Å². The molecule has 0 aliphatic carbocycles. The lowest BCUT2D eigenvalue weighted by Crippen LogP contribution is -2.43. The van der Waals surface area contributed by atoms with E-state index in [1.807, 2.05) is 30.3 Å². The van der Waals surface area contributed by atoms with E-state index in [0.717, 1.165) is 16.9 Å². The van der Waals surface area contributed by atoms with Crippen LogP contribution in [-0.4, -0.2) is 13.7 Å². The molecular formula is C17H18FNO2. The van der Waals surface area contributed by atoms with Gasteiger partial charge in [-0.1, -0.05) is 24.3 Å². The van der Waals surface area contributed by atoms with Crippen molar-refractivity contribution in [2.24, 2.45) is 5.73 Å². The highest BCUT2D eigenvalue weighted by Crippen LogP contribution is 2.37. The fourth-order valence-electron chi connectivity index (χ4n) is 2.85. The molecule has 2 aromatic carbocycles. The van der Waals surface area contributed by atoms with Gasteiger partial charge in [0.15, 0.2) is 11.6 Å². The van der Waals surface area contributed by atoms with Crippen LogP contribution in [-0.2, 0) is 12.0 Å². The molecule has 1 aliphatic rings. The first-order valence-electron chi connectivity index (χ1n) is 6.96. The number of fused-ring (bicyclic) bond motifs is 1. The molecule has 0 fully saturated rings. The molecule has 3 nitrogen and oxygen atoms in total. The topological polar surface area (TPSA) is 44.5 Å². The van der Waals surface area contributed by atoms with Gasteiger partial charge in [0, 0.05) is 12.0 Å². The average molecular weight is 287 g/mol. The number of methoxy groups -OCH3 is 1. The van der Waals surface area contributed by atoms with Crippen molar-refractivity contribution < 1.29 is 13.9 Å². The Balaban J connectivity index is 1.92. The second-order valence-corrected chi connectivity index (χ2v) is 5.40. The minimum absolute atomic E-state index is 0.247. The Hall–Kier alpha value is -2.07.